The van der Waals surface area contributed by atoms with E-state index >= 15 is 0 Å². The van der Waals surface area contributed by atoms with Gasteiger partial charge in [-0.15, -0.1) is 12.4 Å². The van der Waals surface area contributed by atoms with Gasteiger partial charge in [-0.3, -0.25) is 9.59 Å². The molecule has 28 heavy (non-hydrogen) atoms. The maximum absolute atomic E-state index is 12.6. The molecule has 2 aromatic carbocycles. The average molecular weight is 426 g/mol. The number of carbonyl (C=O) groups is 2. The Hall–Kier alpha value is -2.16. The first-order valence-corrected chi connectivity index (χ1v) is 10.7. The maximum atomic E-state index is 12.6. The van der Waals surface area contributed by atoms with Crippen LogP contribution in [0.4, 0.5) is 5.69 Å². The van der Waals surface area contributed by atoms with Crippen LogP contribution >= 0.6 is 12.4 Å². The van der Waals surface area contributed by atoms with Gasteiger partial charge in [0.2, 0.25) is 11.8 Å². The van der Waals surface area contributed by atoms with Crippen molar-refractivity contribution in [1.29, 1.82) is 0 Å². The number of piperidine rings is 1. The third-order valence-electron chi connectivity index (χ3n) is 5.01. The summed E-state index contributed by atoms with van der Waals surface area (Å²) in [4.78, 5) is 24.9. The molecule has 0 aliphatic carbocycles. The molecule has 0 atom stereocenters. The van der Waals surface area contributed by atoms with E-state index in [1.165, 1.54) is 0 Å². The number of hydrogen-bond acceptors (Lipinski definition) is 5. The summed E-state index contributed by atoms with van der Waals surface area (Å²) < 4.78 is 23.0. The molecule has 1 aliphatic heterocycles. The van der Waals surface area contributed by atoms with Crippen LogP contribution in [0.15, 0.2) is 42.5 Å². The molecule has 2 aromatic rings. The van der Waals surface area contributed by atoms with Gasteiger partial charge in [0, 0.05) is 17.3 Å². The van der Waals surface area contributed by atoms with Crippen molar-refractivity contribution in [3.05, 3.63) is 42.5 Å². The standard InChI is InChI=1S/C19H23N3O4S.ClH/c1-27(25,26)19(9-11-20-12-10-19)18(24)21-13-17(23)22-16-8-4-6-14-5-2-3-7-15(14)16;/h2-8,20H,9-13H2,1H3,(H,21,24)(H,22,23);1H. The summed E-state index contributed by atoms with van der Waals surface area (Å²) in [6.45, 7) is 0.609. The van der Waals surface area contributed by atoms with Gasteiger partial charge in [-0.05, 0) is 37.4 Å². The van der Waals surface area contributed by atoms with Crippen LogP contribution in [0.1, 0.15) is 12.8 Å². The number of sulfone groups is 1. The Labute approximate surface area is 170 Å². The lowest BCUT2D eigenvalue weighted by molar-refractivity contribution is -0.126. The number of nitrogens with one attached hydrogen (secondary N) is 3. The van der Waals surface area contributed by atoms with E-state index in [0.717, 1.165) is 17.0 Å². The molecule has 152 valence electrons. The highest BCUT2D eigenvalue weighted by molar-refractivity contribution is 7.92. The Morgan fingerprint density at radius 1 is 1.07 bits per heavy atom. The minimum atomic E-state index is -3.61. The monoisotopic (exact) mass is 425 g/mol. The molecule has 1 saturated heterocycles. The molecule has 2 amide bonds. The van der Waals surface area contributed by atoms with E-state index in [1.54, 1.807) is 6.07 Å². The molecular formula is C19H24ClN3O4S. The summed E-state index contributed by atoms with van der Waals surface area (Å²) in [6.07, 6.45) is 1.47. The molecular weight excluding hydrogens is 402 g/mol. The Morgan fingerprint density at radius 3 is 2.39 bits per heavy atom. The number of anilines is 1. The Bertz CT molecular complexity index is 967. The topological polar surface area (TPSA) is 104 Å². The predicted octanol–water partition coefficient (Wildman–Crippen LogP) is 1.48. The first-order valence-electron chi connectivity index (χ1n) is 8.80. The highest BCUT2D eigenvalue weighted by atomic mass is 35.5. The van der Waals surface area contributed by atoms with Crippen molar-refractivity contribution in [1.82, 2.24) is 10.6 Å². The van der Waals surface area contributed by atoms with Crippen molar-refractivity contribution >= 4 is 50.5 Å². The number of halogens is 1. The summed E-state index contributed by atoms with van der Waals surface area (Å²) in [7, 11) is -3.61. The summed E-state index contributed by atoms with van der Waals surface area (Å²) >= 11 is 0. The highest BCUT2D eigenvalue weighted by Gasteiger charge is 2.48. The molecule has 0 aromatic heterocycles. The minimum Gasteiger partial charge on any atom is -0.346 e. The van der Waals surface area contributed by atoms with Crippen molar-refractivity contribution < 1.29 is 18.0 Å². The van der Waals surface area contributed by atoms with Gasteiger partial charge < -0.3 is 16.0 Å². The normalized spacial score (nSPS) is 16.0. The van der Waals surface area contributed by atoms with Gasteiger partial charge >= 0.3 is 0 Å². The molecule has 1 heterocycles. The summed E-state index contributed by atoms with van der Waals surface area (Å²) in [5.41, 5.74) is 0.645. The number of fused-ring (bicyclic) bond motifs is 1. The smallest absolute Gasteiger partial charge is 0.243 e. The van der Waals surface area contributed by atoms with E-state index in [1.807, 2.05) is 36.4 Å². The molecule has 1 aliphatic rings. The number of hydrogen-bond donors (Lipinski definition) is 3. The van der Waals surface area contributed by atoms with Crippen LogP contribution in [0.5, 0.6) is 0 Å². The molecule has 0 bridgehead atoms. The van der Waals surface area contributed by atoms with Crippen LogP contribution in [0.3, 0.4) is 0 Å². The van der Waals surface area contributed by atoms with E-state index in [9.17, 15) is 18.0 Å². The maximum Gasteiger partial charge on any atom is 0.243 e. The van der Waals surface area contributed by atoms with Gasteiger partial charge in [0.25, 0.3) is 0 Å². The second-order valence-corrected chi connectivity index (χ2v) is 9.10. The van der Waals surface area contributed by atoms with Crippen molar-refractivity contribution in [3.63, 3.8) is 0 Å². The van der Waals surface area contributed by atoms with Crippen LogP contribution in [0, 0.1) is 0 Å². The minimum absolute atomic E-state index is 0. The quantitative estimate of drug-likeness (QED) is 0.673. The van der Waals surface area contributed by atoms with Crippen molar-refractivity contribution in [2.75, 3.05) is 31.2 Å². The SMILES string of the molecule is CS(=O)(=O)C1(C(=O)NCC(=O)Nc2cccc3ccccc23)CCNCC1.Cl. The third-order valence-corrected chi connectivity index (χ3v) is 7.02. The zero-order chi connectivity index (χ0) is 19.5. The second-order valence-electron chi connectivity index (χ2n) is 6.77. The van der Waals surface area contributed by atoms with Crippen LogP contribution < -0.4 is 16.0 Å². The fourth-order valence-electron chi connectivity index (χ4n) is 3.45. The van der Waals surface area contributed by atoms with E-state index in [-0.39, 0.29) is 31.8 Å². The van der Waals surface area contributed by atoms with Crippen LogP contribution in [0.2, 0.25) is 0 Å². The number of amides is 2. The first-order chi connectivity index (χ1) is 12.8. The van der Waals surface area contributed by atoms with E-state index in [0.29, 0.717) is 18.8 Å². The van der Waals surface area contributed by atoms with Crippen molar-refractivity contribution in [2.45, 2.75) is 17.6 Å². The fourth-order valence-corrected chi connectivity index (χ4v) is 4.80. The lowest BCUT2D eigenvalue weighted by atomic mass is 9.96. The van der Waals surface area contributed by atoms with Crippen LogP contribution in [-0.2, 0) is 19.4 Å². The van der Waals surface area contributed by atoms with Gasteiger partial charge in [0.05, 0.1) is 6.54 Å². The number of benzene rings is 2. The van der Waals surface area contributed by atoms with Gasteiger partial charge in [-0.2, -0.15) is 0 Å². The fraction of sp³-hybridized carbons (Fsp3) is 0.368. The van der Waals surface area contributed by atoms with Crippen LogP contribution in [-0.4, -0.2) is 50.9 Å². The second kappa shape index (κ2) is 8.89. The third kappa shape index (κ3) is 4.45. The first kappa shape index (κ1) is 22.1. The van der Waals surface area contributed by atoms with Gasteiger partial charge in [0.1, 0.15) is 0 Å². The lowest BCUT2D eigenvalue weighted by Gasteiger charge is -2.34. The van der Waals surface area contributed by atoms with Gasteiger partial charge in [-0.1, -0.05) is 36.4 Å². The molecule has 3 rings (SSSR count). The van der Waals surface area contributed by atoms with Crippen molar-refractivity contribution in [2.24, 2.45) is 0 Å². The average Bonchev–Trinajstić information content (AvgIpc) is 2.66. The van der Waals surface area contributed by atoms with Gasteiger partial charge in [-0.25, -0.2) is 8.42 Å². The summed E-state index contributed by atoms with van der Waals surface area (Å²) in [5, 5.41) is 10.2. The zero-order valence-corrected chi connectivity index (χ0v) is 17.2. The lowest BCUT2D eigenvalue weighted by Crippen LogP contribution is -2.58. The molecule has 0 saturated carbocycles. The Kier molecular flexibility index (Phi) is 7.03. The molecule has 7 nitrogen and oxygen atoms in total. The molecule has 0 radical (unpaired) electrons. The van der Waals surface area contributed by atoms with E-state index < -0.39 is 26.4 Å². The van der Waals surface area contributed by atoms with E-state index in [4.69, 9.17) is 0 Å². The molecule has 0 unspecified atom stereocenters. The Balaban J connectivity index is 0.00000280. The van der Waals surface area contributed by atoms with Gasteiger partial charge in [0.15, 0.2) is 14.6 Å². The highest BCUT2D eigenvalue weighted by Crippen LogP contribution is 2.28. The largest absolute Gasteiger partial charge is 0.346 e. The van der Waals surface area contributed by atoms with Crippen molar-refractivity contribution in [3.8, 4) is 0 Å². The van der Waals surface area contributed by atoms with Crippen LogP contribution in [0.25, 0.3) is 10.8 Å². The number of rotatable bonds is 5. The molecule has 3 N–H and O–H groups in total. The molecule has 1 fully saturated rings. The molecule has 0 spiro atoms. The Morgan fingerprint density at radius 2 is 1.71 bits per heavy atom. The molecule has 9 heteroatoms. The zero-order valence-electron chi connectivity index (χ0n) is 15.5. The number of carbonyl (C=O) groups excluding carboxylic acids is 2. The predicted molar refractivity (Wildman–Crippen MR) is 113 cm³/mol. The van der Waals surface area contributed by atoms with E-state index in [2.05, 4.69) is 16.0 Å². The summed E-state index contributed by atoms with van der Waals surface area (Å²) in [5.74, 6) is -1.02. The summed E-state index contributed by atoms with van der Waals surface area (Å²) in [6, 6.07) is 13.2.